The van der Waals surface area contributed by atoms with Gasteiger partial charge in [0.2, 0.25) is 0 Å². The fraction of sp³-hybridized carbons (Fsp3) is 0.231. The molecule has 21 heavy (non-hydrogen) atoms. The van der Waals surface area contributed by atoms with Gasteiger partial charge in [-0.15, -0.1) is 0 Å². The predicted molar refractivity (Wildman–Crippen MR) is 78.3 cm³/mol. The SMILES string of the molecule is CCOc1ccc(S(=O)(=O)Nc2cncnc2)cc1CN. The van der Waals surface area contributed by atoms with Crippen molar-refractivity contribution in [1.82, 2.24) is 9.97 Å². The molecule has 0 atom stereocenters. The van der Waals surface area contributed by atoms with Crippen LogP contribution in [0.5, 0.6) is 5.75 Å². The standard InChI is InChI=1S/C13H16N4O3S/c1-2-20-13-4-3-12(5-10(13)6-14)21(18,19)17-11-7-15-9-16-8-11/h3-5,7-9,17H,2,6,14H2,1H3. The molecule has 3 N–H and O–H groups in total. The van der Waals surface area contributed by atoms with E-state index in [2.05, 4.69) is 14.7 Å². The van der Waals surface area contributed by atoms with Crippen LogP contribution in [-0.4, -0.2) is 25.0 Å². The van der Waals surface area contributed by atoms with Crippen LogP contribution >= 0.6 is 0 Å². The molecule has 1 heterocycles. The summed E-state index contributed by atoms with van der Waals surface area (Å²) in [5.74, 6) is 0.585. The number of nitrogens with two attached hydrogens (primary N) is 1. The van der Waals surface area contributed by atoms with E-state index in [1.54, 1.807) is 6.07 Å². The van der Waals surface area contributed by atoms with E-state index < -0.39 is 10.0 Å². The Morgan fingerprint density at radius 1 is 1.29 bits per heavy atom. The first kappa shape index (κ1) is 15.2. The Hall–Kier alpha value is -2.19. The molecule has 112 valence electrons. The number of rotatable bonds is 6. The molecule has 0 saturated carbocycles. The molecule has 0 aliphatic carbocycles. The average Bonchev–Trinajstić information content (AvgIpc) is 2.48. The summed E-state index contributed by atoms with van der Waals surface area (Å²) in [6.07, 6.45) is 4.08. The molecule has 1 aromatic heterocycles. The van der Waals surface area contributed by atoms with Crippen molar-refractivity contribution in [3.8, 4) is 5.75 Å². The first-order valence-electron chi connectivity index (χ1n) is 6.30. The lowest BCUT2D eigenvalue weighted by atomic mass is 10.2. The molecule has 2 aromatic rings. The minimum atomic E-state index is -3.72. The van der Waals surface area contributed by atoms with Gasteiger partial charge in [-0.25, -0.2) is 18.4 Å². The topological polar surface area (TPSA) is 107 Å². The van der Waals surface area contributed by atoms with E-state index in [1.807, 2.05) is 6.92 Å². The molecule has 7 nitrogen and oxygen atoms in total. The minimum Gasteiger partial charge on any atom is -0.494 e. The summed E-state index contributed by atoms with van der Waals surface area (Å²) < 4.78 is 32.4. The third-order valence-electron chi connectivity index (χ3n) is 2.67. The van der Waals surface area contributed by atoms with E-state index in [0.29, 0.717) is 23.6 Å². The van der Waals surface area contributed by atoms with E-state index in [1.165, 1.54) is 30.9 Å². The number of aromatic nitrogens is 2. The summed E-state index contributed by atoms with van der Waals surface area (Å²) in [6.45, 7) is 2.52. The van der Waals surface area contributed by atoms with Crippen molar-refractivity contribution in [2.45, 2.75) is 18.4 Å². The smallest absolute Gasteiger partial charge is 0.262 e. The lowest BCUT2D eigenvalue weighted by Gasteiger charge is -2.12. The fourth-order valence-corrected chi connectivity index (χ4v) is 2.82. The molecule has 2 rings (SSSR count). The van der Waals surface area contributed by atoms with Gasteiger partial charge in [-0.2, -0.15) is 0 Å². The fourth-order valence-electron chi connectivity index (χ4n) is 1.74. The number of nitrogens with zero attached hydrogens (tertiary/aromatic N) is 2. The summed E-state index contributed by atoms with van der Waals surface area (Å²) in [6, 6.07) is 4.56. The van der Waals surface area contributed by atoms with Crippen LogP contribution in [0.3, 0.4) is 0 Å². The largest absolute Gasteiger partial charge is 0.494 e. The number of hydrogen-bond donors (Lipinski definition) is 2. The first-order valence-corrected chi connectivity index (χ1v) is 7.78. The first-order chi connectivity index (χ1) is 10.1. The van der Waals surface area contributed by atoms with Gasteiger partial charge in [0.25, 0.3) is 10.0 Å². The highest BCUT2D eigenvalue weighted by molar-refractivity contribution is 7.92. The van der Waals surface area contributed by atoms with E-state index in [4.69, 9.17) is 10.5 Å². The molecule has 1 aromatic carbocycles. The number of nitrogens with one attached hydrogen (secondary N) is 1. The van der Waals surface area contributed by atoms with Gasteiger partial charge >= 0.3 is 0 Å². The Balaban J connectivity index is 2.32. The van der Waals surface area contributed by atoms with Gasteiger partial charge in [0.15, 0.2) is 0 Å². The maximum absolute atomic E-state index is 12.3. The normalized spacial score (nSPS) is 11.1. The molecular weight excluding hydrogens is 292 g/mol. The number of sulfonamides is 1. The Kier molecular flexibility index (Phi) is 4.71. The second-order valence-corrected chi connectivity index (χ2v) is 5.82. The predicted octanol–water partition coefficient (Wildman–Crippen LogP) is 1.13. The van der Waals surface area contributed by atoms with Crippen LogP contribution in [0.25, 0.3) is 0 Å². The van der Waals surface area contributed by atoms with Gasteiger partial charge in [-0.05, 0) is 25.1 Å². The van der Waals surface area contributed by atoms with Gasteiger partial charge in [-0.1, -0.05) is 0 Å². The Labute approximate surface area is 123 Å². The third kappa shape index (κ3) is 3.67. The lowest BCUT2D eigenvalue weighted by molar-refractivity contribution is 0.336. The van der Waals surface area contributed by atoms with Crippen molar-refractivity contribution in [2.75, 3.05) is 11.3 Å². The third-order valence-corrected chi connectivity index (χ3v) is 4.05. The zero-order chi connectivity index (χ0) is 15.3. The zero-order valence-corrected chi connectivity index (χ0v) is 12.3. The molecule has 8 heteroatoms. The van der Waals surface area contributed by atoms with Crippen LogP contribution in [-0.2, 0) is 16.6 Å². The van der Waals surface area contributed by atoms with Crippen molar-refractivity contribution < 1.29 is 13.2 Å². The highest BCUT2D eigenvalue weighted by Gasteiger charge is 2.16. The number of anilines is 1. The van der Waals surface area contributed by atoms with Crippen molar-refractivity contribution in [3.63, 3.8) is 0 Å². The van der Waals surface area contributed by atoms with E-state index >= 15 is 0 Å². The number of hydrogen-bond acceptors (Lipinski definition) is 6. The Bertz CT molecular complexity index is 705. The highest BCUT2D eigenvalue weighted by atomic mass is 32.2. The average molecular weight is 308 g/mol. The molecule has 0 fully saturated rings. The minimum absolute atomic E-state index is 0.107. The van der Waals surface area contributed by atoms with Gasteiger partial charge in [0.1, 0.15) is 12.1 Å². The highest BCUT2D eigenvalue weighted by Crippen LogP contribution is 2.23. The molecule has 0 saturated heterocycles. The van der Waals surface area contributed by atoms with Crippen LogP contribution in [0.4, 0.5) is 5.69 Å². The van der Waals surface area contributed by atoms with Crippen LogP contribution in [0.2, 0.25) is 0 Å². The molecule has 0 radical (unpaired) electrons. The quantitative estimate of drug-likeness (QED) is 0.828. The van der Waals surface area contributed by atoms with E-state index in [9.17, 15) is 8.42 Å². The molecule has 0 amide bonds. The zero-order valence-electron chi connectivity index (χ0n) is 11.5. The van der Waals surface area contributed by atoms with E-state index in [0.717, 1.165) is 0 Å². The van der Waals surface area contributed by atoms with Gasteiger partial charge in [0, 0.05) is 12.1 Å². The maximum atomic E-state index is 12.3. The molecular formula is C13H16N4O3S. The number of benzene rings is 1. The second-order valence-electron chi connectivity index (χ2n) is 4.14. The summed E-state index contributed by atoms with van der Waals surface area (Å²) in [7, 11) is -3.72. The van der Waals surface area contributed by atoms with Gasteiger partial charge in [0.05, 0.1) is 29.6 Å². The van der Waals surface area contributed by atoms with Crippen molar-refractivity contribution >= 4 is 15.7 Å². The van der Waals surface area contributed by atoms with Crippen LogP contribution in [0.15, 0.2) is 41.8 Å². The molecule has 0 aliphatic heterocycles. The van der Waals surface area contributed by atoms with Crippen molar-refractivity contribution in [3.05, 3.63) is 42.5 Å². The summed E-state index contributed by atoms with van der Waals surface area (Å²) in [5.41, 5.74) is 6.55. The second kappa shape index (κ2) is 6.51. The van der Waals surface area contributed by atoms with E-state index in [-0.39, 0.29) is 11.4 Å². The molecule has 0 bridgehead atoms. The van der Waals surface area contributed by atoms with Gasteiger partial charge in [-0.3, -0.25) is 4.72 Å². The summed E-state index contributed by atoms with van der Waals surface area (Å²) in [4.78, 5) is 7.62. The summed E-state index contributed by atoms with van der Waals surface area (Å²) in [5, 5.41) is 0. The van der Waals surface area contributed by atoms with Gasteiger partial charge < -0.3 is 10.5 Å². The van der Waals surface area contributed by atoms with Crippen molar-refractivity contribution in [1.29, 1.82) is 0 Å². The monoisotopic (exact) mass is 308 g/mol. The summed E-state index contributed by atoms with van der Waals surface area (Å²) >= 11 is 0. The van der Waals surface area contributed by atoms with Crippen molar-refractivity contribution in [2.24, 2.45) is 5.73 Å². The Morgan fingerprint density at radius 3 is 2.62 bits per heavy atom. The van der Waals surface area contributed by atoms with Crippen LogP contribution in [0, 0.1) is 0 Å². The van der Waals surface area contributed by atoms with Crippen LogP contribution < -0.4 is 15.2 Å². The van der Waals surface area contributed by atoms with Crippen LogP contribution in [0.1, 0.15) is 12.5 Å². The number of ether oxygens (including phenoxy) is 1. The lowest BCUT2D eigenvalue weighted by Crippen LogP contribution is -2.14. The molecule has 0 spiro atoms. The maximum Gasteiger partial charge on any atom is 0.262 e. The molecule has 0 aliphatic rings. The Morgan fingerprint density at radius 2 is 2.00 bits per heavy atom. The molecule has 0 unspecified atom stereocenters.